The van der Waals surface area contributed by atoms with Crippen molar-refractivity contribution < 1.29 is 13.5 Å². The van der Waals surface area contributed by atoms with Gasteiger partial charge in [-0.25, -0.2) is 4.98 Å². The summed E-state index contributed by atoms with van der Waals surface area (Å²) in [5.41, 5.74) is 2.34. The summed E-state index contributed by atoms with van der Waals surface area (Å²) >= 11 is 0. The highest BCUT2D eigenvalue weighted by Crippen LogP contribution is 2.16. The zero-order chi connectivity index (χ0) is 15.7. The van der Waals surface area contributed by atoms with Crippen LogP contribution in [0.5, 0.6) is 5.88 Å². The summed E-state index contributed by atoms with van der Waals surface area (Å²) in [6.07, 6.45) is 7.81. The molecule has 0 unspecified atom stereocenters. The first-order chi connectivity index (χ1) is 10.1. The molecule has 21 heavy (non-hydrogen) atoms. The summed E-state index contributed by atoms with van der Waals surface area (Å²) in [5.74, 6) is -0.115. The number of alkyl halides is 2. The third kappa shape index (κ3) is 6.16. The lowest BCUT2D eigenvalue weighted by Crippen LogP contribution is -2.09. The Morgan fingerprint density at radius 1 is 1.48 bits per heavy atom. The van der Waals surface area contributed by atoms with Crippen molar-refractivity contribution in [3.63, 3.8) is 0 Å². The molecule has 1 rings (SSSR count). The second kappa shape index (κ2) is 8.84. The highest BCUT2D eigenvalue weighted by molar-refractivity contribution is 6.01. The van der Waals surface area contributed by atoms with Crippen LogP contribution in [0.2, 0.25) is 0 Å². The van der Waals surface area contributed by atoms with Crippen LogP contribution in [0.4, 0.5) is 14.5 Å². The Balaban J connectivity index is 2.83. The number of aliphatic imine (C=N–C) groups is 1. The lowest BCUT2D eigenvalue weighted by molar-refractivity contribution is -0.0528. The van der Waals surface area contributed by atoms with Crippen LogP contribution in [0.15, 0.2) is 47.4 Å². The summed E-state index contributed by atoms with van der Waals surface area (Å²) in [7, 11) is 0. The van der Waals surface area contributed by atoms with Crippen LogP contribution in [0, 0.1) is 0 Å². The van der Waals surface area contributed by atoms with Gasteiger partial charge in [-0.1, -0.05) is 19.1 Å². The number of anilines is 1. The van der Waals surface area contributed by atoms with Crippen LogP contribution in [-0.2, 0) is 0 Å². The minimum Gasteiger partial charge on any atom is -0.417 e. The van der Waals surface area contributed by atoms with E-state index >= 15 is 0 Å². The van der Waals surface area contributed by atoms with Gasteiger partial charge in [0.1, 0.15) is 0 Å². The molecule has 0 aliphatic rings. The summed E-state index contributed by atoms with van der Waals surface area (Å²) in [6, 6.07) is 3.01. The smallest absolute Gasteiger partial charge is 0.388 e. The van der Waals surface area contributed by atoms with E-state index in [0.29, 0.717) is 5.69 Å². The molecule has 6 heteroatoms. The van der Waals surface area contributed by atoms with Gasteiger partial charge < -0.3 is 10.1 Å². The summed E-state index contributed by atoms with van der Waals surface area (Å²) < 4.78 is 28.3. The van der Waals surface area contributed by atoms with Gasteiger partial charge in [-0.2, -0.15) is 8.78 Å². The second-order valence-electron chi connectivity index (χ2n) is 4.11. The fourth-order valence-electron chi connectivity index (χ4n) is 1.52. The molecule has 0 aliphatic heterocycles. The van der Waals surface area contributed by atoms with E-state index in [-0.39, 0.29) is 5.88 Å². The number of ether oxygens (including phenoxy) is 1. The van der Waals surface area contributed by atoms with Crippen molar-refractivity contribution in [1.29, 1.82) is 0 Å². The standard InChI is InChI=1S/C15H19F2N3O/c1-4-6-13(11(3)18-9-5-2)20-12-7-8-14(19-10-12)21-15(16)17/h5-10,15,20H,4H2,1-3H3/b9-5-,13-6-,18-11+. The topological polar surface area (TPSA) is 46.5 Å². The van der Waals surface area contributed by atoms with Gasteiger partial charge in [-0.05, 0) is 26.3 Å². The first-order valence-corrected chi connectivity index (χ1v) is 6.60. The van der Waals surface area contributed by atoms with Crippen LogP contribution in [-0.4, -0.2) is 17.3 Å². The molecule has 0 spiro atoms. The number of aromatic nitrogens is 1. The first kappa shape index (κ1) is 16.8. The van der Waals surface area contributed by atoms with E-state index in [4.69, 9.17) is 0 Å². The molecule has 0 amide bonds. The van der Waals surface area contributed by atoms with Crippen LogP contribution >= 0.6 is 0 Å². The van der Waals surface area contributed by atoms with Gasteiger partial charge in [-0.15, -0.1) is 0 Å². The monoisotopic (exact) mass is 295 g/mol. The van der Waals surface area contributed by atoms with Gasteiger partial charge in [0.15, 0.2) is 0 Å². The molecule has 0 saturated heterocycles. The summed E-state index contributed by atoms with van der Waals surface area (Å²) in [4.78, 5) is 8.08. The predicted molar refractivity (Wildman–Crippen MR) is 80.8 cm³/mol. The Kier molecular flexibility index (Phi) is 7.08. The zero-order valence-electron chi connectivity index (χ0n) is 12.3. The third-order valence-corrected chi connectivity index (χ3v) is 2.44. The van der Waals surface area contributed by atoms with Crippen molar-refractivity contribution >= 4 is 11.4 Å². The first-order valence-electron chi connectivity index (χ1n) is 6.60. The maximum atomic E-state index is 12.0. The SMILES string of the molecule is C\C=C/N=C(C)/C(=C/CC)Nc1ccc(OC(F)F)nc1. The Morgan fingerprint density at radius 2 is 2.24 bits per heavy atom. The van der Waals surface area contributed by atoms with E-state index in [1.54, 1.807) is 12.3 Å². The molecule has 1 heterocycles. The number of hydrogen-bond acceptors (Lipinski definition) is 4. The number of nitrogens with one attached hydrogen (secondary N) is 1. The number of halogens is 2. The number of rotatable bonds is 7. The zero-order valence-corrected chi connectivity index (χ0v) is 12.3. The predicted octanol–water partition coefficient (Wildman–Crippen LogP) is 4.38. The van der Waals surface area contributed by atoms with Crippen LogP contribution in [0.25, 0.3) is 0 Å². The Bertz CT molecular complexity index is 522. The average molecular weight is 295 g/mol. The molecular formula is C15H19F2N3O. The van der Waals surface area contributed by atoms with Crippen LogP contribution in [0.1, 0.15) is 27.2 Å². The molecule has 0 fully saturated rings. The highest BCUT2D eigenvalue weighted by Gasteiger charge is 2.06. The molecule has 1 aromatic rings. The van der Waals surface area contributed by atoms with Gasteiger partial charge in [0.25, 0.3) is 0 Å². The largest absolute Gasteiger partial charge is 0.417 e. The van der Waals surface area contributed by atoms with Crippen LogP contribution in [0.3, 0.4) is 0 Å². The minimum atomic E-state index is -2.87. The molecule has 0 bridgehead atoms. The van der Waals surface area contributed by atoms with Gasteiger partial charge in [0.05, 0.1) is 23.3 Å². The second-order valence-corrected chi connectivity index (χ2v) is 4.11. The molecule has 0 aromatic carbocycles. The maximum absolute atomic E-state index is 12.0. The fourth-order valence-corrected chi connectivity index (χ4v) is 1.52. The van der Waals surface area contributed by atoms with E-state index < -0.39 is 6.61 Å². The van der Waals surface area contributed by atoms with Gasteiger partial charge in [-0.3, -0.25) is 4.99 Å². The molecule has 0 radical (unpaired) electrons. The molecule has 0 atom stereocenters. The van der Waals surface area contributed by atoms with Crippen molar-refractivity contribution in [3.05, 3.63) is 42.4 Å². The molecule has 0 aliphatic carbocycles. The third-order valence-electron chi connectivity index (χ3n) is 2.44. The summed E-state index contributed by atoms with van der Waals surface area (Å²) in [6.45, 7) is 2.92. The Morgan fingerprint density at radius 3 is 2.76 bits per heavy atom. The van der Waals surface area contributed by atoms with E-state index in [1.807, 2.05) is 32.9 Å². The van der Waals surface area contributed by atoms with Crippen molar-refractivity contribution in [2.24, 2.45) is 4.99 Å². The highest BCUT2D eigenvalue weighted by atomic mass is 19.3. The van der Waals surface area contributed by atoms with Gasteiger partial charge in [0.2, 0.25) is 5.88 Å². The number of allylic oxidation sites excluding steroid dienone is 3. The van der Waals surface area contributed by atoms with E-state index in [9.17, 15) is 8.78 Å². The van der Waals surface area contributed by atoms with E-state index in [0.717, 1.165) is 17.8 Å². The van der Waals surface area contributed by atoms with Gasteiger partial charge >= 0.3 is 6.61 Å². The molecular weight excluding hydrogens is 276 g/mol. The fraction of sp³-hybridized carbons (Fsp3) is 0.333. The maximum Gasteiger partial charge on any atom is 0.388 e. The molecule has 0 saturated carbocycles. The van der Waals surface area contributed by atoms with Gasteiger partial charge in [0, 0.05) is 12.3 Å². The lowest BCUT2D eigenvalue weighted by Gasteiger charge is -2.11. The lowest BCUT2D eigenvalue weighted by atomic mass is 10.2. The molecule has 4 nitrogen and oxygen atoms in total. The van der Waals surface area contributed by atoms with Crippen molar-refractivity contribution in [3.8, 4) is 5.88 Å². The Hall–Kier alpha value is -2.24. The molecule has 114 valence electrons. The normalized spacial score (nSPS) is 13.0. The number of nitrogens with zero attached hydrogens (tertiary/aromatic N) is 2. The minimum absolute atomic E-state index is 0.115. The number of hydrogen-bond donors (Lipinski definition) is 1. The summed E-state index contributed by atoms with van der Waals surface area (Å²) in [5, 5.41) is 3.16. The van der Waals surface area contributed by atoms with Crippen molar-refractivity contribution in [2.45, 2.75) is 33.8 Å². The van der Waals surface area contributed by atoms with E-state index in [1.165, 1.54) is 12.3 Å². The molecule has 1 aromatic heterocycles. The van der Waals surface area contributed by atoms with Crippen molar-refractivity contribution in [1.82, 2.24) is 4.98 Å². The quantitative estimate of drug-likeness (QED) is 0.759. The number of pyridine rings is 1. The molecule has 1 N–H and O–H groups in total. The Labute approximate surface area is 123 Å². The van der Waals surface area contributed by atoms with Crippen molar-refractivity contribution in [2.75, 3.05) is 5.32 Å². The van der Waals surface area contributed by atoms with E-state index in [2.05, 4.69) is 20.0 Å². The van der Waals surface area contributed by atoms with Crippen LogP contribution < -0.4 is 10.1 Å². The average Bonchev–Trinajstić information content (AvgIpc) is 2.45.